The lowest BCUT2D eigenvalue weighted by molar-refractivity contribution is -0.127. The maximum Gasteiger partial charge on any atom is 0.239 e. The van der Waals surface area contributed by atoms with Gasteiger partial charge in [0, 0.05) is 19.2 Å². The first-order valence-electron chi connectivity index (χ1n) is 6.56. The SMILES string of the molecule is CC(COC1CCOC1)NC(=O)C1COCCN1. The van der Waals surface area contributed by atoms with E-state index >= 15 is 0 Å². The molecule has 0 spiro atoms. The first-order chi connectivity index (χ1) is 8.75. The first-order valence-corrected chi connectivity index (χ1v) is 6.56. The molecule has 2 heterocycles. The van der Waals surface area contributed by atoms with E-state index < -0.39 is 0 Å². The summed E-state index contributed by atoms with van der Waals surface area (Å²) in [7, 11) is 0. The van der Waals surface area contributed by atoms with Gasteiger partial charge in [0.15, 0.2) is 0 Å². The normalized spacial score (nSPS) is 30.1. The van der Waals surface area contributed by atoms with Gasteiger partial charge >= 0.3 is 0 Å². The molecule has 6 nitrogen and oxygen atoms in total. The molecule has 3 atom stereocenters. The van der Waals surface area contributed by atoms with Gasteiger partial charge in [-0.1, -0.05) is 0 Å². The predicted octanol–water partition coefficient (Wildman–Crippen LogP) is -0.715. The summed E-state index contributed by atoms with van der Waals surface area (Å²) >= 11 is 0. The van der Waals surface area contributed by atoms with Crippen molar-refractivity contribution in [3.8, 4) is 0 Å². The van der Waals surface area contributed by atoms with Crippen molar-refractivity contribution in [2.45, 2.75) is 31.5 Å². The van der Waals surface area contributed by atoms with E-state index in [0.29, 0.717) is 26.4 Å². The molecule has 3 unspecified atom stereocenters. The highest BCUT2D eigenvalue weighted by atomic mass is 16.5. The summed E-state index contributed by atoms with van der Waals surface area (Å²) < 4.78 is 16.1. The van der Waals surface area contributed by atoms with E-state index in [1.54, 1.807) is 0 Å². The Morgan fingerprint density at radius 3 is 2.94 bits per heavy atom. The molecule has 0 saturated carbocycles. The number of morpholine rings is 1. The molecule has 1 amide bonds. The molecule has 2 fully saturated rings. The van der Waals surface area contributed by atoms with Crippen LogP contribution in [0.2, 0.25) is 0 Å². The van der Waals surface area contributed by atoms with Crippen LogP contribution >= 0.6 is 0 Å². The van der Waals surface area contributed by atoms with E-state index in [1.165, 1.54) is 0 Å². The second-order valence-electron chi connectivity index (χ2n) is 4.81. The number of ether oxygens (including phenoxy) is 3. The van der Waals surface area contributed by atoms with Gasteiger partial charge in [-0.2, -0.15) is 0 Å². The van der Waals surface area contributed by atoms with Crippen LogP contribution in [0, 0.1) is 0 Å². The van der Waals surface area contributed by atoms with Crippen molar-refractivity contribution in [2.24, 2.45) is 0 Å². The third-order valence-electron chi connectivity index (χ3n) is 3.10. The van der Waals surface area contributed by atoms with Gasteiger partial charge in [-0.25, -0.2) is 0 Å². The predicted molar refractivity (Wildman–Crippen MR) is 65.4 cm³/mol. The van der Waals surface area contributed by atoms with Gasteiger partial charge in [-0.15, -0.1) is 0 Å². The number of nitrogens with one attached hydrogen (secondary N) is 2. The van der Waals surface area contributed by atoms with E-state index in [4.69, 9.17) is 14.2 Å². The van der Waals surface area contributed by atoms with Crippen LogP contribution < -0.4 is 10.6 Å². The van der Waals surface area contributed by atoms with Gasteiger partial charge in [-0.3, -0.25) is 4.79 Å². The zero-order chi connectivity index (χ0) is 12.8. The number of carbonyl (C=O) groups excluding carboxylic acids is 1. The molecule has 2 rings (SSSR count). The lowest BCUT2D eigenvalue weighted by Gasteiger charge is -2.25. The summed E-state index contributed by atoms with van der Waals surface area (Å²) in [4.78, 5) is 11.9. The fraction of sp³-hybridized carbons (Fsp3) is 0.917. The average Bonchev–Trinajstić information content (AvgIpc) is 2.90. The monoisotopic (exact) mass is 258 g/mol. The van der Waals surface area contributed by atoms with Crippen LogP contribution in [0.5, 0.6) is 0 Å². The lowest BCUT2D eigenvalue weighted by atomic mass is 10.2. The average molecular weight is 258 g/mol. The van der Waals surface area contributed by atoms with Crippen molar-refractivity contribution in [1.82, 2.24) is 10.6 Å². The third-order valence-corrected chi connectivity index (χ3v) is 3.10. The van der Waals surface area contributed by atoms with Crippen LogP contribution in [0.25, 0.3) is 0 Å². The zero-order valence-electron chi connectivity index (χ0n) is 10.8. The molecule has 18 heavy (non-hydrogen) atoms. The summed E-state index contributed by atoms with van der Waals surface area (Å²) in [5.41, 5.74) is 0. The van der Waals surface area contributed by atoms with Crippen molar-refractivity contribution in [2.75, 3.05) is 39.6 Å². The summed E-state index contributed by atoms with van der Waals surface area (Å²) in [5, 5.41) is 6.05. The smallest absolute Gasteiger partial charge is 0.239 e. The summed E-state index contributed by atoms with van der Waals surface area (Å²) in [6, 6.07) is -0.238. The molecule has 0 radical (unpaired) electrons. The fourth-order valence-corrected chi connectivity index (χ4v) is 2.04. The Kier molecular flexibility index (Phi) is 5.37. The quantitative estimate of drug-likeness (QED) is 0.681. The van der Waals surface area contributed by atoms with Crippen molar-refractivity contribution in [1.29, 1.82) is 0 Å². The van der Waals surface area contributed by atoms with Crippen LogP contribution in [0.15, 0.2) is 0 Å². The number of carbonyl (C=O) groups is 1. The van der Waals surface area contributed by atoms with Crippen molar-refractivity contribution < 1.29 is 19.0 Å². The molecule has 2 aliphatic rings. The number of rotatable bonds is 5. The molecule has 0 bridgehead atoms. The van der Waals surface area contributed by atoms with E-state index in [2.05, 4.69) is 10.6 Å². The Morgan fingerprint density at radius 2 is 2.28 bits per heavy atom. The molecular formula is C12H22N2O4. The molecule has 2 saturated heterocycles. The zero-order valence-corrected chi connectivity index (χ0v) is 10.8. The van der Waals surface area contributed by atoms with Crippen LogP contribution in [0.1, 0.15) is 13.3 Å². The Balaban J connectivity index is 1.62. The molecule has 0 aliphatic carbocycles. The molecular weight excluding hydrogens is 236 g/mol. The van der Waals surface area contributed by atoms with Crippen molar-refractivity contribution in [3.63, 3.8) is 0 Å². The number of hydrogen-bond acceptors (Lipinski definition) is 5. The molecule has 0 aromatic heterocycles. The minimum atomic E-state index is -0.240. The highest BCUT2D eigenvalue weighted by Crippen LogP contribution is 2.08. The summed E-state index contributed by atoms with van der Waals surface area (Å²) in [6.45, 7) is 5.74. The van der Waals surface area contributed by atoms with Crippen LogP contribution in [-0.4, -0.2) is 63.7 Å². The first kappa shape index (κ1) is 13.7. The number of amides is 1. The molecule has 2 N–H and O–H groups in total. The van der Waals surface area contributed by atoms with Crippen molar-refractivity contribution >= 4 is 5.91 Å². The third kappa shape index (κ3) is 4.20. The van der Waals surface area contributed by atoms with Gasteiger partial charge in [0.1, 0.15) is 6.04 Å². The largest absolute Gasteiger partial charge is 0.379 e. The van der Waals surface area contributed by atoms with Crippen LogP contribution in [-0.2, 0) is 19.0 Å². The summed E-state index contributed by atoms with van der Waals surface area (Å²) in [5.74, 6) is -0.0199. The fourth-order valence-electron chi connectivity index (χ4n) is 2.04. The Labute approximate surface area is 107 Å². The van der Waals surface area contributed by atoms with Crippen molar-refractivity contribution in [3.05, 3.63) is 0 Å². The molecule has 6 heteroatoms. The Bertz CT molecular complexity index is 263. The topological polar surface area (TPSA) is 68.8 Å². The standard InChI is InChI=1S/C12H22N2O4/c1-9(6-18-10-2-4-16-7-10)14-12(15)11-8-17-5-3-13-11/h9-11,13H,2-8H2,1H3,(H,14,15). The van der Waals surface area contributed by atoms with Crippen LogP contribution in [0.3, 0.4) is 0 Å². The highest BCUT2D eigenvalue weighted by Gasteiger charge is 2.23. The van der Waals surface area contributed by atoms with E-state index in [0.717, 1.165) is 19.6 Å². The second kappa shape index (κ2) is 7.04. The Morgan fingerprint density at radius 1 is 1.44 bits per heavy atom. The summed E-state index contributed by atoms with van der Waals surface area (Å²) in [6.07, 6.45) is 1.12. The second-order valence-corrected chi connectivity index (χ2v) is 4.81. The lowest BCUT2D eigenvalue weighted by Crippen LogP contribution is -2.53. The number of hydrogen-bond donors (Lipinski definition) is 2. The van der Waals surface area contributed by atoms with Gasteiger partial charge in [0.05, 0.1) is 32.5 Å². The molecule has 0 aromatic rings. The van der Waals surface area contributed by atoms with E-state index in [9.17, 15) is 4.79 Å². The van der Waals surface area contributed by atoms with E-state index in [1.807, 2.05) is 6.92 Å². The van der Waals surface area contributed by atoms with Gasteiger partial charge in [0.2, 0.25) is 5.91 Å². The minimum Gasteiger partial charge on any atom is -0.379 e. The highest BCUT2D eigenvalue weighted by molar-refractivity contribution is 5.82. The van der Waals surface area contributed by atoms with Gasteiger partial charge < -0.3 is 24.8 Å². The molecule has 0 aromatic carbocycles. The van der Waals surface area contributed by atoms with Gasteiger partial charge in [0.25, 0.3) is 0 Å². The maximum atomic E-state index is 11.9. The minimum absolute atomic E-state index is 0.00169. The molecule has 104 valence electrons. The van der Waals surface area contributed by atoms with Crippen LogP contribution in [0.4, 0.5) is 0 Å². The Hall–Kier alpha value is -0.690. The maximum absolute atomic E-state index is 11.9. The van der Waals surface area contributed by atoms with E-state index in [-0.39, 0.29) is 24.1 Å². The molecule has 2 aliphatic heterocycles. The van der Waals surface area contributed by atoms with Gasteiger partial charge in [-0.05, 0) is 13.3 Å².